The number of ether oxygens (including phenoxy) is 1. The maximum atomic E-state index is 13.6. The van der Waals surface area contributed by atoms with E-state index in [9.17, 15) is 12.8 Å². The fourth-order valence-corrected chi connectivity index (χ4v) is 3.13. The first-order valence-corrected chi connectivity index (χ1v) is 8.73. The summed E-state index contributed by atoms with van der Waals surface area (Å²) >= 11 is 5.68. The van der Waals surface area contributed by atoms with E-state index in [1.54, 1.807) is 13.0 Å². The molecule has 1 aromatic rings. The van der Waals surface area contributed by atoms with Gasteiger partial charge in [0.05, 0.1) is 23.4 Å². The molecular formula is C13H19Cl2FN2O3S. The van der Waals surface area contributed by atoms with Crippen molar-refractivity contribution in [3.05, 3.63) is 34.6 Å². The lowest BCUT2D eigenvalue weighted by Gasteiger charge is -2.25. The van der Waals surface area contributed by atoms with Gasteiger partial charge in [-0.05, 0) is 24.6 Å². The van der Waals surface area contributed by atoms with Crippen molar-refractivity contribution in [2.45, 2.75) is 19.1 Å². The molecule has 0 aromatic heterocycles. The predicted octanol–water partition coefficient (Wildman–Crippen LogP) is 1.87. The summed E-state index contributed by atoms with van der Waals surface area (Å²) in [7, 11) is -3.38. The molecule has 0 saturated carbocycles. The van der Waals surface area contributed by atoms with Crippen LogP contribution in [-0.2, 0) is 14.8 Å². The second-order valence-corrected chi connectivity index (χ2v) is 7.25. The maximum Gasteiger partial charge on any atom is 0.211 e. The van der Waals surface area contributed by atoms with E-state index in [2.05, 4.69) is 10.0 Å². The molecule has 1 aromatic carbocycles. The minimum atomic E-state index is -3.38. The van der Waals surface area contributed by atoms with Gasteiger partial charge in [0, 0.05) is 13.1 Å². The molecule has 0 amide bonds. The molecule has 22 heavy (non-hydrogen) atoms. The Labute approximate surface area is 141 Å². The highest BCUT2D eigenvalue weighted by molar-refractivity contribution is 7.89. The van der Waals surface area contributed by atoms with Gasteiger partial charge in [0.15, 0.2) is 0 Å². The van der Waals surface area contributed by atoms with Gasteiger partial charge in [-0.2, -0.15) is 0 Å². The number of hydrogen-bond donors (Lipinski definition) is 2. The smallest absolute Gasteiger partial charge is 0.211 e. The van der Waals surface area contributed by atoms with E-state index in [4.69, 9.17) is 16.3 Å². The lowest BCUT2D eigenvalue weighted by molar-refractivity contribution is 0.0491. The number of sulfonamides is 1. The minimum Gasteiger partial charge on any atom is -0.370 e. The Balaban J connectivity index is 0.00000242. The van der Waals surface area contributed by atoms with Crippen LogP contribution < -0.4 is 10.0 Å². The van der Waals surface area contributed by atoms with Gasteiger partial charge in [-0.25, -0.2) is 17.5 Å². The van der Waals surface area contributed by atoms with Crippen LogP contribution in [0.4, 0.5) is 4.39 Å². The zero-order chi connectivity index (χ0) is 15.5. The summed E-state index contributed by atoms with van der Waals surface area (Å²) in [5.41, 5.74) is 0.560. The largest absolute Gasteiger partial charge is 0.370 e. The quantitative estimate of drug-likeness (QED) is 0.846. The highest BCUT2D eigenvalue weighted by atomic mass is 35.5. The van der Waals surface area contributed by atoms with Crippen molar-refractivity contribution in [3.63, 3.8) is 0 Å². The van der Waals surface area contributed by atoms with Gasteiger partial charge < -0.3 is 10.1 Å². The number of halogens is 3. The Morgan fingerprint density at radius 3 is 2.86 bits per heavy atom. The molecule has 1 fully saturated rings. The molecule has 5 nitrogen and oxygen atoms in total. The topological polar surface area (TPSA) is 67.4 Å². The summed E-state index contributed by atoms with van der Waals surface area (Å²) in [5.74, 6) is -0.572. The number of hydrogen-bond acceptors (Lipinski definition) is 4. The molecule has 0 unspecified atom stereocenters. The van der Waals surface area contributed by atoms with Gasteiger partial charge >= 0.3 is 0 Å². The van der Waals surface area contributed by atoms with Crippen LogP contribution in [0.1, 0.15) is 18.6 Å². The first-order valence-electron chi connectivity index (χ1n) is 6.70. The SMILES string of the molecule is CCS(=O)(=O)N[C@@H]1CNCCO[C@H]1c1ccc(Cl)c(F)c1.Cl. The van der Waals surface area contributed by atoms with E-state index in [1.807, 2.05) is 0 Å². The normalized spacial score (nSPS) is 22.7. The monoisotopic (exact) mass is 372 g/mol. The molecule has 1 saturated heterocycles. The molecular weight excluding hydrogens is 354 g/mol. The minimum absolute atomic E-state index is 0. The third-order valence-corrected chi connectivity index (χ3v) is 5.02. The Kier molecular flexibility index (Phi) is 7.51. The highest BCUT2D eigenvalue weighted by Gasteiger charge is 2.29. The fourth-order valence-electron chi connectivity index (χ4n) is 2.17. The summed E-state index contributed by atoms with van der Waals surface area (Å²) in [6, 6.07) is 3.87. The van der Waals surface area contributed by atoms with Crippen LogP contribution in [-0.4, -0.2) is 39.9 Å². The molecule has 1 aliphatic rings. The van der Waals surface area contributed by atoms with Gasteiger partial charge in [0.1, 0.15) is 11.9 Å². The van der Waals surface area contributed by atoms with E-state index in [0.717, 1.165) is 0 Å². The Hall–Kier alpha value is -0.440. The molecule has 0 spiro atoms. The molecule has 9 heteroatoms. The van der Waals surface area contributed by atoms with Gasteiger partial charge in [-0.1, -0.05) is 17.7 Å². The molecule has 1 heterocycles. The Bertz CT molecular complexity index is 601. The second-order valence-electron chi connectivity index (χ2n) is 4.80. The van der Waals surface area contributed by atoms with Crippen molar-refractivity contribution in [3.8, 4) is 0 Å². The summed E-state index contributed by atoms with van der Waals surface area (Å²) in [5, 5.41) is 3.12. The van der Waals surface area contributed by atoms with Crippen LogP contribution in [0.25, 0.3) is 0 Å². The summed E-state index contributed by atoms with van der Waals surface area (Å²) in [4.78, 5) is 0. The third-order valence-electron chi connectivity index (χ3n) is 3.29. The molecule has 2 rings (SSSR count). The third kappa shape index (κ3) is 5.04. The van der Waals surface area contributed by atoms with Crippen molar-refractivity contribution < 1.29 is 17.5 Å². The van der Waals surface area contributed by atoms with Crippen LogP contribution in [0.5, 0.6) is 0 Å². The average Bonchev–Trinajstić information content (AvgIpc) is 2.67. The van der Waals surface area contributed by atoms with Crippen LogP contribution in [0, 0.1) is 5.82 Å². The van der Waals surface area contributed by atoms with E-state index >= 15 is 0 Å². The van der Waals surface area contributed by atoms with Crippen LogP contribution in [0.15, 0.2) is 18.2 Å². The van der Waals surface area contributed by atoms with Crippen LogP contribution >= 0.6 is 24.0 Å². The van der Waals surface area contributed by atoms with Gasteiger partial charge in [0.2, 0.25) is 10.0 Å². The van der Waals surface area contributed by atoms with Gasteiger partial charge in [0.25, 0.3) is 0 Å². The van der Waals surface area contributed by atoms with Crippen molar-refractivity contribution >= 4 is 34.0 Å². The van der Waals surface area contributed by atoms with Gasteiger partial charge in [-0.3, -0.25) is 0 Å². The molecule has 126 valence electrons. The summed E-state index contributed by atoms with van der Waals surface area (Å²) < 4.78 is 45.5. The van der Waals surface area contributed by atoms with Gasteiger partial charge in [-0.15, -0.1) is 12.4 Å². The number of benzene rings is 1. The van der Waals surface area contributed by atoms with E-state index in [0.29, 0.717) is 25.3 Å². The van der Waals surface area contributed by atoms with E-state index < -0.39 is 28.0 Å². The van der Waals surface area contributed by atoms with Crippen LogP contribution in [0.2, 0.25) is 5.02 Å². The molecule has 0 radical (unpaired) electrons. The molecule has 0 aliphatic carbocycles. The molecule has 0 bridgehead atoms. The Morgan fingerprint density at radius 1 is 1.50 bits per heavy atom. The molecule has 2 N–H and O–H groups in total. The lowest BCUT2D eigenvalue weighted by Crippen LogP contribution is -2.45. The lowest BCUT2D eigenvalue weighted by atomic mass is 10.0. The van der Waals surface area contributed by atoms with Crippen molar-refractivity contribution in [1.82, 2.24) is 10.0 Å². The maximum absolute atomic E-state index is 13.6. The zero-order valence-corrected chi connectivity index (χ0v) is 14.4. The molecule has 1 aliphatic heterocycles. The van der Waals surface area contributed by atoms with Crippen LogP contribution in [0.3, 0.4) is 0 Å². The Morgan fingerprint density at radius 2 is 2.23 bits per heavy atom. The van der Waals surface area contributed by atoms with Crippen molar-refractivity contribution in [1.29, 1.82) is 0 Å². The standard InChI is InChI=1S/C13H18ClFN2O3S.ClH/c1-2-21(18,19)17-12-8-16-5-6-20-13(12)9-3-4-10(14)11(15)7-9;/h3-4,7,12-13,16-17H,2,5-6,8H2,1H3;1H/t12-,13+;/m1./s1. The molecule has 2 atom stereocenters. The second kappa shape index (κ2) is 8.42. The van der Waals surface area contributed by atoms with E-state index in [1.165, 1.54) is 12.1 Å². The fraction of sp³-hybridized carbons (Fsp3) is 0.538. The van der Waals surface area contributed by atoms with Crippen molar-refractivity contribution in [2.75, 3.05) is 25.4 Å². The number of nitrogens with one attached hydrogen (secondary N) is 2. The summed E-state index contributed by atoms with van der Waals surface area (Å²) in [6.45, 7) is 2.99. The first kappa shape index (κ1) is 19.6. The van der Waals surface area contributed by atoms with E-state index in [-0.39, 0.29) is 23.2 Å². The first-order chi connectivity index (χ1) is 9.93. The van der Waals surface area contributed by atoms with Crippen molar-refractivity contribution in [2.24, 2.45) is 0 Å². The summed E-state index contributed by atoms with van der Waals surface area (Å²) in [6.07, 6.45) is -0.562. The zero-order valence-electron chi connectivity index (χ0n) is 12.0. The average molecular weight is 373 g/mol. The highest BCUT2D eigenvalue weighted by Crippen LogP contribution is 2.26. The number of rotatable bonds is 4. The predicted molar refractivity (Wildman–Crippen MR) is 86.6 cm³/mol.